The van der Waals surface area contributed by atoms with Gasteiger partial charge in [0.25, 0.3) is 0 Å². The molecule has 1 heterocycles. The molecule has 6 nitrogen and oxygen atoms in total. The first-order valence-electron chi connectivity index (χ1n) is 8.87. The maximum atomic E-state index is 13.4. The minimum Gasteiger partial charge on any atom is -0.508 e. The van der Waals surface area contributed by atoms with Gasteiger partial charge in [-0.1, -0.05) is 12.1 Å². The van der Waals surface area contributed by atoms with Crippen LogP contribution in [0, 0.1) is 5.82 Å². The van der Waals surface area contributed by atoms with E-state index in [-0.39, 0.29) is 35.0 Å². The summed E-state index contributed by atoms with van der Waals surface area (Å²) in [6.07, 6.45) is 0. The maximum Gasteiger partial charge on any atom is 0.339 e. The molecule has 0 unspecified atom stereocenters. The lowest BCUT2D eigenvalue weighted by Crippen LogP contribution is -2.11. The van der Waals surface area contributed by atoms with Crippen LogP contribution in [0.2, 0.25) is 0 Å². The Morgan fingerprint density at radius 3 is 2.55 bits per heavy atom. The van der Waals surface area contributed by atoms with E-state index in [4.69, 9.17) is 0 Å². The van der Waals surface area contributed by atoms with Gasteiger partial charge in [0.1, 0.15) is 22.1 Å². The second-order valence-electron chi connectivity index (χ2n) is 7.01. The number of ketones is 1. The van der Waals surface area contributed by atoms with Crippen molar-refractivity contribution in [3.8, 4) is 5.75 Å². The molecule has 152 valence electrons. The quantitative estimate of drug-likeness (QED) is 0.497. The predicted molar refractivity (Wildman–Crippen MR) is 112 cm³/mol. The maximum absolute atomic E-state index is 13.4. The smallest absolute Gasteiger partial charge is 0.339 e. The zero-order chi connectivity index (χ0) is 21.3. The largest absolute Gasteiger partial charge is 0.508 e. The number of carboxylic acid groups (broad SMARTS) is 1. The molecule has 29 heavy (non-hydrogen) atoms. The van der Waals surface area contributed by atoms with E-state index in [1.165, 1.54) is 36.5 Å². The molecule has 0 atom stereocenters. The number of fused-ring (bicyclic) bond motifs is 1. The highest BCUT2D eigenvalue weighted by Gasteiger charge is 2.26. The third kappa shape index (κ3) is 4.23. The first kappa shape index (κ1) is 20.8. The number of hydrogen-bond acceptors (Lipinski definition) is 6. The van der Waals surface area contributed by atoms with Crippen molar-refractivity contribution in [1.29, 1.82) is 0 Å². The monoisotopic (exact) mass is 416 g/mol. The van der Waals surface area contributed by atoms with Crippen LogP contribution in [0.3, 0.4) is 0 Å². The normalized spacial score (nSPS) is 11.2. The standard InChI is InChI=1S/C21H21FN2O4S/c1-11(25)14-8-16(26)15(10-24(2)3)19-17(14)18(21(27)28)20(29-19)23-9-12-5-4-6-13(22)7-12/h4-8,23,26H,9-10H2,1-3H3,(H,27,28). The molecule has 0 radical (unpaired) electrons. The van der Waals surface area contributed by atoms with Crippen molar-refractivity contribution < 1.29 is 24.2 Å². The zero-order valence-electron chi connectivity index (χ0n) is 16.2. The highest BCUT2D eigenvalue weighted by atomic mass is 32.1. The number of benzene rings is 2. The van der Waals surface area contributed by atoms with Gasteiger partial charge in [-0.05, 0) is 44.8 Å². The summed E-state index contributed by atoms with van der Waals surface area (Å²) in [5.74, 6) is -1.94. The first-order valence-corrected chi connectivity index (χ1v) is 9.69. The number of aromatic hydroxyl groups is 1. The number of rotatable bonds is 7. The number of carboxylic acids is 1. The number of thiophene rings is 1. The predicted octanol–water partition coefficient (Wildman–Crippen LogP) is 4.32. The van der Waals surface area contributed by atoms with Gasteiger partial charge in [0.15, 0.2) is 5.78 Å². The van der Waals surface area contributed by atoms with E-state index in [1.54, 1.807) is 12.1 Å². The van der Waals surface area contributed by atoms with E-state index in [0.29, 0.717) is 32.8 Å². The van der Waals surface area contributed by atoms with Gasteiger partial charge in [-0.25, -0.2) is 9.18 Å². The van der Waals surface area contributed by atoms with Gasteiger partial charge in [0.05, 0.1) is 0 Å². The Kier molecular flexibility index (Phi) is 5.86. The number of phenols is 1. The van der Waals surface area contributed by atoms with Crippen molar-refractivity contribution in [3.05, 3.63) is 58.4 Å². The van der Waals surface area contributed by atoms with E-state index in [2.05, 4.69) is 5.32 Å². The summed E-state index contributed by atoms with van der Waals surface area (Å²) in [7, 11) is 3.66. The van der Waals surface area contributed by atoms with Crippen molar-refractivity contribution in [3.63, 3.8) is 0 Å². The van der Waals surface area contributed by atoms with Gasteiger partial charge in [0.2, 0.25) is 0 Å². The number of Topliss-reactive ketones (excluding diaryl/α,β-unsaturated/α-hetero) is 1. The van der Waals surface area contributed by atoms with Gasteiger partial charge < -0.3 is 20.4 Å². The van der Waals surface area contributed by atoms with Crippen LogP contribution in [0.25, 0.3) is 10.1 Å². The Morgan fingerprint density at radius 1 is 1.24 bits per heavy atom. The molecule has 0 aliphatic carbocycles. The third-order valence-electron chi connectivity index (χ3n) is 4.45. The summed E-state index contributed by atoms with van der Waals surface area (Å²) in [6.45, 7) is 1.93. The van der Waals surface area contributed by atoms with E-state index in [9.17, 15) is 24.2 Å². The first-order chi connectivity index (χ1) is 13.7. The molecular formula is C21H21FN2O4S. The lowest BCUT2D eigenvalue weighted by atomic mass is 9.99. The number of carbonyl (C=O) groups excluding carboxylic acids is 1. The summed E-state index contributed by atoms with van der Waals surface area (Å²) in [5.41, 5.74) is 1.35. The van der Waals surface area contributed by atoms with Gasteiger partial charge in [0, 0.05) is 34.3 Å². The highest BCUT2D eigenvalue weighted by Crippen LogP contribution is 2.43. The van der Waals surface area contributed by atoms with Gasteiger partial charge in [-0.3, -0.25) is 4.79 Å². The molecule has 0 fully saturated rings. The minimum atomic E-state index is -1.18. The van der Waals surface area contributed by atoms with Gasteiger partial charge >= 0.3 is 5.97 Å². The third-order valence-corrected chi connectivity index (χ3v) is 5.66. The van der Waals surface area contributed by atoms with Crippen LogP contribution in [0.15, 0.2) is 30.3 Å². The summed E-state index contributed by atoms with van der Waals surface area (Å²) in [6, 6.07) is 7.34. The molecule has 2 aromatic carbocycles. The van der Waals surface area contributed by atoms with Crippen LogP contribution in [0.4, 0.5) is 9.39 Å². The van der Waals surface area contributed by atoms with Crippen molar-refractivity contribution >= 4 is 38.2 Å². The highest BCUT2D eigenvalue weighted by molar-refractivity contribution is 7.23. The Balaban J connectivity index is 2.19. The Morgan fingerprint density at radius 2 is 1.97 bits per heavy atom. The SMILES string of the molecule is CC(=O)c1cc(O)c(CN(C)C)c2sc(NCc3cccc(F)c3)c(C(=O)O)c12. The molecule has 0 aliphatic heterocycles. The molecule has 0 aliphatic rings. The average molecular weight is 416 g/mol. The molecule has 0 spiro atoms. The number of anilines is 1. The molecule has 0 amide bonds. The van der Waals surface area contributed by atoms with Crippen molar-refractivity contribution in [2.45, 2.75) is 20.0 Å². The number of carbonyl (C=O) groups is 2. The van der Waals surface area contributed by atoms with E-state index < -0.39 is 5.97 Å². The number of hydrogen-bond donors (Lipinski definition) is 3. The summed E-state index contributed by atoms with van der Waals surface area (Å²) in [5, 5.41) is 24.1. The molecule has 3 rings (SSSR count). The van der Waals surface area contributed by atoms with Crippen LogP contribution in [0.5, 0.6) is 5.75 Å². The summed E-state index contributed by atoms with van der Waals surface area (Å²) < 4.78 is 14.0. The molecule has 1 aromatic heterocycles. The Labute approximate surface area is 171 Å². The number of halogens is 1. The number of nitrogens with one attached hydrogen (secondary N) is 1. The molecule has 3 aromatic rings. The number of phenolic OH excluding ortho intramolecular Hbond substituents is 1. The van der Waals surface area contributed by atoms with Crippen molar-refractivity contribution in [2.24, 2.45) is 0 Å². The molecule has 0 saturated carbocycles. The Hall–Kier alpha value is -2.97. The number of nitrogens with zero attached hydrogens (tertiary/aromatic N) is 1. The van der Waals surface area contributed by atoms with Gasteiger partial charge in [-0.2, -0.15) is 0 Å². The second-order valence-corrected chi connectivity index (χ2v) is 8.04. The van der Waals surface area contributed by atoms with E-state index in [0.717, 1.165) is 0 Å². The summed E-state index contributed by atoms with van der Waals surface area (Å²) >= 11 is 1.17. The fraction of sp³-hybridized carbons (Fsp3) is 0.238. The van der Waals surface area contributed by atoms with Crippen LogP contribution < -0.4 is 5.32 Å². The fourth-order valence-electron chi connectivity index (χ4n) is 3.22. The second kappa shape index (κ2) is 8.18. The van der Waals surface area contributed by atoms with Crippen LogP contribution in [-0.4, -0.2) is 41.0 Å². The topological polar surface area (TPSA) is 89.9 Å². The molecule has 8 heteroatoms. The average Bonchev–Trinajstić information content (AvgIpc) is 3.01. The number of aromatic carboxylic acids is 1. The Bertz CT molecular complexity index is 1110. The summed E-state index contributed by atoms with van der Waals surface area (Å²) in [4.78, 5) is 26.1. The van der Waals surface area contributed by atoms with Crippen LogP contribution in [-0.2, 0) is 13.1 Å². The van der Waals surface area contributed by atoms with E-state index in [1.807, 2.05) is 19.0 Å². The van der Waals surface area contributed by atoms with Crippen LogP contribution in [0.1, 0.15) is 38.8 Å². The fourth-order valence-corrected chi connectivity index (χ4v) is 4.46. The lowest BCUT2D eigenvalue weighted by molar-refractivity contribution is 0.0700. The minimum absolute atomic E-state index is 0.0217. The lowest BCUT2D eigenvalue weighted by Gasteiger charge is -2.14. The zero-order valence-corrected chi connectivity index (χ0v) is 17.1. The van der Waals surface area contributed by atoms with Crippen molar-refractivity contribution in [2.75, 3.05) is 19.4 Å². The molecular weight excluding hydrogens is 395 g/mol. The molecule has 0 saturated heterocycles. The van der Waals surface area contributed by atoms with E-state index >= 15 is 0 Å². The molecule has 0 bridgehead atoms. The van der Waals surface area contributed by atoms with Crippen LogP contribution >= 0.6 is 11.3 Å². The molecule has 3 N–H and O–H groups in total. The van der Waals surface area contributed by atoms with Gasteiger partial charge in [-0.15, -0.1) is 11.3 Å². The van der Waals surface area contributed by atoms with Crippen molar-refractivity contribution in [1.82, 2.24) is 4.90 Å².